The Kier molecular flexibility index (Phi) is 6.37. The first-order valence-electron chi connectivity index (χ1n) is 6.90. The molecular weight excluding hydrogens is 222 g/mol. The van der Waals surface area contributed by atoms with Crippen molar-refractivity contribution < 1.29 is 4.74 Å². The number of hydrogen-bond donors (Lipinski definition) is 1. The summed E-state index contributed by atoms with van der Waals surface area (Å²) >= 11 is 0. The monoisotopic (exact) mass is 249 g/mol. The van der Waals surface area contributed by atoms with Crippen LogP contribution in [0.2, 0.25) is 0 Å². The van der Waals surface area contributed by atoms with E-state index < -0.39 is 0 Å². The molecule has 0 aromatic heterocycles. The Labute approximate surface area is 112 Å². The predicted molar refractivity (Wildman–Crippen MR) is 78.0 cm³/mol. The third kappa shape index (κ3) is 3.82. The van der Waals surface area contributed by atoms with Crippen molar-refractivity contribution in [3.63, 3.8) is 0 Å². The number of methoxy groups -OCH3 is 1. The molecule has 0 aliphatic heterocycles. The topological polar surface area (TPSA) is 21.3 Å². The van der Waals surface area contributed by atoms with Gasteiger partial charge in [0.1, 0.15) is 0 Å². The number of aryl methyl sites for hydroxylation is 1. The van der Waals surface area contributed by atoms with Gasteiger partial charge in [0.05, 0.1) is 0 Å². The number of nitrogens with one attached hydrogen (secondary N) is 1. The van der Waals surface area contributed by atoms with Gasteiger partial charge in [0.25, 0.3) is 0 Å². The van der Waals surface area contributed by atoms with E-state index in [1.54, 1.807) is 7.11 Å². The van der Waals surface area contributed by atoms with Crippen molar-refractivity contribution in [1.82, 2.24) is 5.32 Å². The van der Waals surface area contributed by atoms with E-state index >= 15 is 0 Å². The second-order valence-electron chi connectivity index (χ2n) is 5.08. The summed E-state index contributed by atoms with van der Waals surface area (Å²) in [6.07, 6.45) is 1.08. The van der Waals surface area contributed by atoms with Crippen molar-refractivity contribution >= 4 is 0 Å². The summed E-state index contributed by atoms with van der Waals surface area (Å²) in [5.41, 5.74) is 4.21. The summed E-state index contributed by atoms with van der Waals surface area (Å²) in [6.45, 7) is 10.7. The van der Waals surface area contributed by atoms with Crippen LogP contribution < -0.4 is 5.32 Å². The average molecular weight is 249 g/mol. The van der Waals surface area contributed by atoms with Gasteiger partial charge in [-0.3, -0.25) is 0 Å². The van der Waals surface area contributed by atoms with E-state index in [1.165, 1.54) is 16.7 Å². The van der Waals surface area contributed by atoms with Crippen LogP contribution >= 0.6 is 0 Å². The highest BCUT2D eigenvalue weighted by Gasteiger charge is 2.20. The number of ether oxygens (including phenoxy) is 1. The van der Waals surface area contributed by atoms with Crippen LogP contribution in [0.25, 0.3) is 0 Å². The average Bonchev–Trinajstić information content (AvgIpc) is 2.37. The Morgan fingerprint density at radius 2 is 2.00 bits per heavy atom. The molecule has 0 heterocycles. The van der Waals surface area contributed by atoms with Crippen LogP contribution in [0.5, 0.6) is 0 Å². The quantitative estimate of drug-likeness (QED) is 0.797. The highest BCUT2D eigenvalue weighted by atomic mass is 16.5. The first-order valence-corrected chi connectivity index (χ1v) is 6.90. The van der Waals surface area contributed by atoms with Crippen molar-refractivity contribution in [2.75, 3.05) is 20.3 Å². The van der Waals surface area contributed by atoms with Crippen LogP contribution in [0.1, 0.15) is 43.0 Å². The molecule has 1 N–H and O–H groups in total. The maximum absolute atomic E-state index is 5.20. The molecule has 2 atom stereocenters. The molecule has 2 heteroatoms. The molecule has 0 spiro atoms. The lowest BCUT2D eigenvalue weighted by Crippen LogP contribution is -2.28. The van der Waals surface area contributed by atoms with Gasteiger partial charge in [0.2, 0.25) is 0 Å². The molecule has 1 rings (SSSR count). The van der Waals surface area contributed by atoms with Gasteiger partial charge in [-0.2, -0.15) is 0 Å². The number of benzene rings is 1. The first-order chi connectivity index (χ1) is 8.61. The molecule has 0 bridgehead atoms. The molecule has 0 saturated heterocycles. The lowest BCUT2D eigenvalue weighted by atomic mass is 9.88. The van der Waals surface area contributed by atoms with E-state index in [1.807, 2.05) is 0 Å². The fourth-order valence-electron chi connectivity index (χ4n) is 2.42. The highest BCUT2D eigenvalue weighted by Crippen LogP contribution is 2.28. The highest BCUT2D eigenvalue weighted by molar-refractivity contribution is 5.35. The fraction of sp³-hybridized carbons (Fsp3) is 0.625. The van der Waals surface area contributed by atoms with Gasteiger partial charge in [-0.15, -0.1) is 0 Å². The van der Waals surface area contributed by atoms with E-state index in [9.17, 15) is 0 Å². The van der Waals surface area contributed by atoms with Gasteiger partial charge in [0, 0.05) is 19.8 Å². The second-order valence-corrected chi connectivity index (χ2v) is 5.08. The van der Waals surface area contributed by atoms with Gasteiger partial charge >= 0.3 is 0 Å². The van der Waals surface area contributed by atoms with Crippen LogP contribution in [0.4, 0.5) is 0 Å². The predicted octanol–water partition coefficient (Wildman–Crippen LogP) is 3.63. The zero-order valence-electron chi connectivity index (χ0n) is 12.4. The first kappa shape index (κ1) is 15.2. The Hall–Kier alpha value is -0.860. The third-order valence-electron chi connectivity index (χ3n) is 3.75. The second kappa shape index (κ2) is 7.55. The Bertz CT molecular complexity index is 362. The van der Waals surface area contributed by atoms with Crippen LogP contribution in [0.3, 0.4) is 0 Å². The molecule has 0 aliphatic carbocycles. The van der Waals surface area contributed by atoms with E-state index in [0.29, 0.717) is 12.0 Å². The molecule has 0 amide bonds. The van der Waals surface area contributed by atoms with Gasteiger partial charge in [-0.1, -0.05) is 32.0 Å². The molecule has 0 saturated carbocycles. The summed E-state index contributed by atoms with van der Waals surface area (Å²) in [4.78, 5) is 0. The van der Waals surface area contributed by atoms with Gasteiger partial charge < -0.3 is 10.1 Å². The van der Waals surface area contributed by atoms with Crippen LogP contribution in [0.15, 0.2) is 18.2 Å². The van der Waals surface area contributed by atoms with Crippen LogP contribution in [0, 0.1) is 19.8 Å². The van der Waals surface area contributed by atoms with E-state index in [0.717, 1.165) is 19.6 Å². The minimum absolute atomic E-state index is 0.421. The molecule has 0 aliphatic rings. The Balaban J connectivity index is 2.92. The molecule has 0 radical (unpaired) electrons. The van der Waals surface area contributed by atoms with Crippen molar-refractivity contribution in [3.8, 4) is 0 Å². The molecule has 0 fully saturated rings. The zero-order valence-corrected chi connectivity index (χ0v) is 12.4. The third-order valence-corrected chi connectivity index (χ3v) is 3.75. The van der Waals surface area contributed by atoms with E-state index in [-0.39, 0.29) is 0 Å². The number of rotatable bonds is 7. The maximum atomic E-state index is 5.20. The molecule has 2 nitrogen and oxygen atoms in total. The van der Waals surface area contributed by atoms with Crippen molar-refractivity contribution in [2.45, 2.75) is 40.2 Å². The van der Waals surface area contributed by atoms with E-state index in [2.05, 4.69) is 51.2 Å². The van der Waals surface area contributed by atoms with Gasteiger partial charge in [0.15, 0.2) is 0 Å². The summed E-state index contributed by atoms with van der Waals surface area (Å²) in [7, 11) is 1.77. The normalized spacial score (nSPS) is 14.5. The largest absolute Gasteiger partial charge is 0.385 e. The molecule has 18 heavy (non-hydrogen) atoms. The van der Waals surface area contributed by atoms with Crippen molar-refractivity contribution in [2.24, 2.45) is 5.92 Å². The fourth-order valence-corrected chi connectivity index (χ4v) is 2.42. The summed E-state index contributed by atoms with van der Waals surface area (Å²) in [6, 6.07) is 7.01. The molecule has 1 aromatic carbocycles. The SMILES string of the molecule is CCNC(c1cccc(C)c1C)C(C)CCOC. The zero-order chi connectivity index (χ0) is 13.5. The lowest BCUT2D eigenvalue weighted by molar-refractivity contribution is 0.170. The Morgan fingerprint density at radius 1 is 1.28 bits per heavy atom. The lowest BCUT2D eigenvalue weighted by Gasteiger charge is -2.27. The standard InChI is InChI=1S/C16H27NO/c1-6-17-16(13(3)10-11-18-5)15-9-7-8-12(2)14(15)4/h7-9,13,16-17H,6,10-11H2,1-5H3. The van der Waals surface area contributed by atoms with Crippen LogP contribution in [-0.2, 0) is 4.74 Å². The van der Waals surface area contributed by atoms with Crippen molar-refractivity contribution in [3.05, 3.63) is 34.9 Å². The summed E-state index contributed by atoms with van der Waals surface area (Å²) in [5.74, 6) is 0.574. The van der Waals surface area contributed by atoms with Crippen molar-refractivity contribution in [1.29, 1.82) is 0 Å². The minimum atomic E-state index is 0.421. The van der Waals surface area contributed by atoms with E-state index in [4.69, 9.17) is 4.74 Å². The summed E-state index contributed by atoms with van der Waals surface area (Å²) in [5, 5.41) is 3.62. The molecule has 2 unspecified atom stereocenters. The molecule has 102 valence electrons. The minimum Gasteiger partial charge on any atom is -0.385 e. The summed E-state index contributed by atoms with van der Waals surface area (Å²) < 4.78 is 5.20. The maximum Gasteiger partial charge on any atom is 0.0465 e. The van der Waals surface area contributed by atoms with Crippen LogP contribution in [-0.4, -0.2) is 20.3 Å². The number of hydrogen-bond acceptors (Lipinski definition) is 2. The smallest absolute Gasteiger partial charge is 0.0465 e. The van der Waals surface area contributed by atoms with Gasteiger partial charge in [-0.25, -0.2) is 0 Å². The van der Waals surface area contributed by atoms with Gasteiger partial charge in [-0.05, 0) is 49.4 Å². The Morgan fingerprint density at radius 3 is 2.61 bits per heavy atom. The molecular formula is C16H27NO. The molecule has 1 aromatic rings.